The molecule has 1 unspecified atom stereocenters. The van der Waals surface area contributed by atoms with Gasteiger partial charge in [0.25, 0.3) is 0 Å². The molecule has 1 N–H and O–H groups in total. The maximum absolute atomic E-state index is 12.9. The predicted molar refractivity (Wildman–Crippen MR) is 64.0 cm³/mol. The zero-order valence-corrected chi connectivity index (χ0v) is 9.65. The summed E-state index contributed by atoms with van der Waals surface area (Å²) in [7, 11) is 0. The molecule has 1 aromatic rings. The highest BCUT2D eigenvalue weighted by Crippen LogP contribution is 2.20. The van der Waals surface area contributed by atoms with Crippen LogP contribution < -0.4 is 5.32 Å². The van der Waals surface area contributed by atoms with E-state index < -0.39 is 11.6 Å². The summed E-state index contributed by atoms with van der Waals surface area (Å²) in [5.74, 6) is -0.195. The van der Waals surface area contributed by atoms with Gasteiger partial charge in [0.05, 0.1) is 6.04 Å². The largest absolute Gasteiger partial charge is 0.335 e. The van der Waals surface area contributed by atoms with Gasteiger partial charge in [0.1, 0.15) is 11.6 Å². The van der Waals surface area contributed by atoms with Gasteiger partial charge >= 0.3 is 0 Å². The van der Waals surface area contributed by atoms with E-state index in [1.165, 1.54) is 12.1 Å². The molecule has 2 rings (SSSR count). The monoisotopic (exact) mass is 242 g/mol. The second-order valence-corrected chi connectivity index (χ2v) is 4.79. The molecule has 0 amide bonds. The molecule has 0 radical (unpaired) electrons. The number of thioether (sulfide) groups is 1. The minimum absolute atomic E-state index is 0.266. The average Bonchev–Trinajstić information content (AvgIpc) is 2.15. The summed E-state index contributed by atoms with van der Waals surface area (Å²) >= 11 is 1.57. The maximum Gasteiger partial charge on any atom is 0.161 e. The topological polar surface area (TPSA) is 24.4 Å². The van der Waals surface area contributed by atoms with Crippen LogP contribution in [-0.2, 0) is 0 Å². The number of rotatable bonds is 1. The molecule has 1 atom stereocenters. The van der Waals surface area contributed by atoms with Crippen LogP contribution >= 0.6 is 11.8 Å². The zero-order chi connectivity index (χ0) is 11.5. The summed E-state index contributed by atoms with van der Waals surface area (Å²) in [5, 5.41) is 3.65. The van der Waals surface area contributed by atoms with Crippen molar-refractivity contribution < 1.29 is 8.78 Å². The van der Waals surface area contributed by atoms with Crippen LogP contribution in [0.25, 0.3) is 0 Å². The quantitative estimate of drug-likeness (QED) is 0.817. The van der Waals surface area contributed by atoms with Crippen molar-refractivity contribution in [2.75, 3.05) is 11.1 Å². The SMILES string of the molecule is CC1CCSC(Nc2cc(F)cc(F)c2)=N1. The molecule has 1 aliphatic rings. The third kappa shape index (κ3) is 2.95. The van der Waals surface area contributed by atoms with Crippen molar-refractivity contribution in [1.82, 2.24) is 0 Å². The number of amidine groups is 1. The fraction of sp³-hybridized carbons (Fsp3) is 0.364. The molecular formula is C11H12F2N2S. The Labute approximate surface area is 97.1 Å². The highest BCUT2D eigenvalue weighted by Gasteiger charge is 2.12. The van der Waals surface area contributed by atoms with Gasteiger partial charge in [0.15, 0.2) is 5.17 Å². The first kappa shape index (κ1) is 11.4. The van der Waals surface area contributed by atoms with Gasteiger partial charge in [0.2, 0.25) is 0 Å². The highest BCUT2D eigenvalue weighted by molar-refractivity contribution is 8.14. The third-order valence-electron chi connectivity index (χ3n) is 2.23. The first-order valence-electron chi connectivity index (χ1n) is 5.07. The van der Waals surface area contributed by atoms with E-state index in [1.807, 2.05) is 6.92 Å². The predicted octanol–water partition coefficient (Wildman–Crippen LogP) is 3.26. The summed E-state index contributed by atoms with van der Waals surface area (Å²) in [5.41, 5.74) is 0.401. The van der Waals surface area contributed by atoms with E-state index >= 15 is 0 Å². The molecule has 0 aromatic heterocycles. The molecule has 0 aliphatic carbocycles. The molecule has 1 heterocycles. The summed E-state index contributed by atoms with van der Waals surface area (Å²) < 4.78 is 25.9. The lowest BCUT2D eigenvalue weighted by molar-refractivity contribution is 0.584. The van der Waals surface area contributed by atoms with Crippen molar-refractivity contribution in [3.05, 3.63) is 29.8 Å². The Morgan fingerprint density at radius 3 is 2.62 bits per heavy atom. The lowest BCUT2D eigenvalue weighted by Gasteiger charge is -2.17. The summed E-state index contributed by atoms with van der Waals surface area (Å²) in [6.45, 7) is 2.02. The number of hydrogen-bond acceptors (Lipinski definition) is 3. The van der Waals surface area contributed by atoms with E-state index in [4.69, 9.17) is 0 Å². The minimum Gasteiger partial charge on any atom is -0.335 e. The molecule has 16 heavy (non-hydrogen) atoms. The van der Waals surface area contributed by atoms with Crippen LogP contribution in [0, 0.1) is 11.6 Å². The lowest BCUT2D eigenvalue weighted by Crippen LogP contribution is -2.18. The lowest BCUT2D eigenvalue weighted by atomic mass is 10.3. The van der Waals surface area contributed by atoms with E-state index in [-0.39, 0.29) is 6.04 Å². The van der Waals surface area contributed by atoms with Crippen LogP contribution in [-0.4, -0.2) is 17.0 Å². The van der Waals surface area contributed by atoms with Crippen molar-refractivity contribution in [1.29, 1.82) is 0 Å². The summed E-state index contributed by atoms with van der Waals surface area (Å²) in [6, 6.07) is 3.63. The Bertz CT molecular complexity index is 400. The molecule has 0 saturated carbocycles. The Hall–Kier alpha value is -1.10. The maximum atomic E-state index is 12.9. The van der Waals surface area contributed by atoms with Crippen molar-refractivity contribution >= 4 is 22.6 Å². The molecule has 0 saturated heterocycles. The first-order chi connectivity index (χ1) is 7.63. The molecule has 2 nitrogen and oxygen atoms in total. The minimum atomic E-state index is -0.586. The fourth-order valence-corrected chi connectivity index (χ4v) is 2.54. The molecule has 1 aromatic carbocycles. The first-order valence-corrected chi connectivity index (χ1v) is 6.06. The van der Waals surface area contributed by atoms with Crippen LogP contribution in [0.2, 0.25) is 0 Å². The van der Waals surface area contributed by atoms with Crippen LogP contribution in [0.4, 0.5) is 14.5 Å². The number of aliphatic imine (C=N–C) groups is 1. The van der Waals surface area contributed by atoms with Gasteiger partial charge in [-0.3, -0.25) is 4.99 Å². The van der Waals surface area contributed by atoms with Gasteiger partial charge in [-0.05, 0) is 25.5 Å². The van der Waals surface area contributed by atoms with Crippen LogP contribution in [0.3, 0.4) is 0 Å². The van der Waals surface area contributed by atoms with E-state index in [9.17, 15) is 8.78 Å². The second kappa shape index (κ2) is 4.82. The fourth-order valence-electron chi connectivity index (χ4n) is 1.45. The number of benzene rings is 1. The zero-order valence-electron chi connectivity index (χ0n) is 8.84. The number of nitrogens with zero attached hydrogens (tertiary/aromatic N) is 1. The average molecular weight is 242 g/mol. The molecule has 86 valence electrons. The Morgan fingerprint density at radius 1 is 1.31 bits per heavy atom. The summed E-state index contributed by atoms with van der Waals surface area (Å²) in [4.78, 5) is 4.36. The molecule has 1 aliphatic heterocycles. The van der Waals surface area contributed by atoms with Gasteiger partial charge in [0, 0.05) is 17.5 Å². The smallest absolute Gasteiger partial charge is 0.161 e. The highest BCUT2D eigenvalue weighted by atomic mass is 32.2. The number of anilines is 1. The van der Waals surface area contributed by atoms with Crippen LogP contribution in [0.1, 0.15) is 13.3 Å². The van der Waals surface area contributed by atoms with Gasteiger partial charge in [-0.2, -0.15) is 0 Å². The number of hydrogen-bond donors (Lipinski definition) is 1. The van der Waals surface area contributed by atoms with Gasteiger partial charge in [-0.15, -0.1) is 0 Å². The van der Waals surface area contributed by atoms with E-state index in [1.54, 1.807) is 11.8 Å². The van der Waals surface area contributed by atoms with Crippen molar-refractivity contribution in [3.63, 3.8) is 0 Å². The Morgan fingerprint density at radius 2 is 2.00 bits per heavy atom. The van der Waals surface area contributed by atoms with Crippen LogP contribution in [0.5, 0.6) is 0 Å². The number of nitrogens with one attached hydrogen (secondary N) is 1. The van der Waals surface area contributed by atoms with E-state index in [0.717, 1.165) is 23.4 Å². The van der Waals surface area contributed by atoms with Crippen LogP contribution in [0.15, 0.2) is 23.2 Å². The molecule has 0 fully saturated rings. The van der Waals surface area contributed by atoms with Gasteiger partial charge in [-0.1, -0.05) is 11.8 Å². The molecule has 0 spiro atoms. The molecule has 5 heteroatoms. The molecular weight excluding hydrogens is 230 g/mol. The third-order valence-corrected chi connectivity index (χ3v) is 3.15. The summed E-state index contributed by atoms with van der Waals surface area (Å²) in [6.07, 6.45) is 1.04. The number of halogens is 2. The standard InChI is InChI=1S/C11H12F2N2S/c1-7-2-3-16-11(14-7)15-10-5-8(12)4-9(13)6-10/h4-7H,2-3H2,1H3,(H,14,15). The van der Waals surface area contributed by atoms with Gasteiger partial charge < -0.3 is 5.32 Å². The van der Waals surface area contributed by atoms with Gasteiger partial charge in [-0.25, -0.2) is 8.78 Å². The second-order valence-electron chi connectivity index (χ2n) is 3.70. The van der Waals surface area contributed by atoms with Crippen molar-refractivity contribution in [2.24, 2.45) is 4.99 Å². The van der Waals surface area contributed by atoms with E-state index in [2.05, 4.69) is 10.3 Å². The normalized spacial score (nSPS) is 20.4. The Balaban J connectivity index is 2.14. The van der Waals surface area contributed by atoms with E-state index in [0.29, 0.717) is 5.69 Å². The Kier molecular flexibility index (Phi) is 3.43. The van der Waals surface area contributed by atoms with Crippen molar-refractivity contribution in [3.8, 4) is 0 Å². The molecule has 0 bridgehead atoms. The van der Waals surface area contributed by atoms with Crippen molar-refractivity contribution in [2.45, 2.75) is 19.4 Å².